The van der Waals surface area contributed by atoms with Gasteiger partial charge in [-0.3, -0.25) is 19.3 Å². The van der Waals surface area contributed by atoms with E-state index in [2.05, 4.69) is 13.5 Å². The van der Waals surface area contributed by atoms with E-state index in [9.17, 15) is 19.2 Å². The molecule has 7 heteroatoms. The summed E-state index contributed by atoms with van der Waals surface area (Å²) in [5, 5.41) is 0. The van der Waals surface area contributed by atoms with Gasteiger partial charge in [0.25, 0.3) is 17.7 Å². The molecule has 142 valence electrons. The van der Waals surface area contributed by atoms with Gasteiger partial charge in [-0.1, -0.05) is 13.0 Å². The molecule has 0 aromatic heterocycles. The van der Waals surface area contributed by atoms with E-state index < -0.39 is 17.8 Å². The minimum atomic E-state index is -0.696. The monoisotopic (exact) mass is 370 g/mol. The molecule has 1 fully saturated rings. The second-order valence-electron chi connectivity index (χ2n) is 6.93. The molecule has 2 heterocycles. The van der Waals surface area contributed by atoms with E-state index in [0.29, 0.717) is 19.0 Å². The summed E-state index contributed by atoms with van der Waals surface area (Å²) in [5.41, 5.74) is 0.541. The molecule has 7 nitrogen and oxygen atoms in total. The maximum Gasteiger partial charge on any atom is 0.338 e. The molecule has 1 atom stereocenters. The molecule has 0 bridgehead atoms. The van der Waals surface area contributed by atoms with Crippen LogP contribution in [0.15, 0.2) is 30.9 Å². The molecule has 3 amide bonds. The third-order valence-corrected chi connectivity index (χ3v) is 4.85. The number of hydrogen-bond acceptors (Lipinski definition) is 5. The average Bonchev–Trinajstić information content (AvgIpc) is 2.90. The Morgan fingerprint density at radius 3 is 2.70 bits per heavy atom. The van der Waals surface area contributed by atoms with Crippen LogP contribution < -0.4 is 0 Å². The summed E-state index contributed by atoms with van der Waals surface area (Å²) in [7, 11) is 0. The Hall–Kier alpha value is -2.96. The molecule has 0 spiro atoms. The zero-order valence-electron chi connectivity index (χ0n) is 15.3. The number of benzene rings is 1. The molecule has 1 aromatic rings. The van der Waals surface area contributed by atoms with Crippen molar-refractivity contribution in [3.05, 3.63) is 47.5 Å². The van der Waals surface area contributed by atoms with Crippen LogP contribution in [0.4, 0.5) is 0 Å². The molecule has 2 aliphatic heterocycles. The second-order valence-corrected chi connectivity index (χ2v) is 6.93. The van der Waals surface area contributed by atoms with Crippen molar-refractivity contribution < 1.29 is 23.9 Å². The summed E-state index contributed by atoms with van der Waals surface area (Å²) >= 11 is 0. The Morgan fingerprint density at radius 1 is 1.26 bits per heavy atom. The topological polar surface area (TPSA) is 84.0 Å². The van der Waals surface area contributed by atoms with Crippen LogP contribution in [0.25, 0.3) is 0 Å². The van der Waals surface area contributed by atoms with Gasteiger partial charge >= 0.3 is 5.97 Å². The first-order valence-corrected chi connectivity index (χ1v) is 8.98. The lowest BCUT2D eigenvalue weighted by molar-refractivity contribution is -0.136. The highest BCUT2D eigenvalue weighted by atomic mass is 16.5. The third kappa shape index (κ3) is 3.77. The number of carbonyl (C=O) groups is 4. The van der Waals surface area contributed by atoms with Crippen molar-refractivity contribution in [1.82, 2.24) is 9.80 Å². The number of rotatable bonds is 5. The maximum atomic E-state index is 12.3. The largest absolute Gasteiger partial charge is 0.452 e. The van der Waals surface area contributed by atoms with Crippen molar-refractivity contribution in [2.45, 2.75) is 19.8 Å². The van der Waals surface area contributed by atoms with Gasteiger partial charge in [0.05, 0.1) is 16.7 Å². The van der Waals surface area contributed by atoms with E-state index in [4.69, 9.17) is 4.74 Å². The first-order chi connectivity index (χ1) is 12.9. The number of piperidine rings is 1. The number of fused-ring (bicyclic) bond motifs is 1. The number of likely N-dealkylation sites (tertiary alicyclic amines) is 1. The molecule has 0 radical (unpaired) electrons. The third-order valence-electron chi connectivity index (χ3n) is 4.85. The second kappa shape index (κ2) is 7.73. The predicted octanol–water partition coefficient (Wildman–Crippen LogP) is 1.88. The van der Waals surface area contributed by atoms with Crippen molar-refractivity contribution in [3.8, 4) is 0 Å². The van der Waals surface area contributed by atoms with Crippen LogP contribution in [0.1, 0.15) is 50.8 Å². The maximum absolute atomic E-state index is 12.3. The fourth-order valence-electron chi connectivity index (χ4n) is 3.43. The van der Waals surface area contributed by atoms with E-state index >= 15 is 0 Å². The lowest BCUT2D eigenvalue weighted by Crippen LogP contribution is -2.41. The minimum absolute atomic E-state index is 0.106. The molecule has 1 aromatic carbocycles. The highest BCUT2D eigenvalue weighted by molar-refractivity contribution is 6.22. The Kier molecular flexibility index (Phi) is 5.39. The van der Waals surface area contributed by atoms with Crippen molar-refractivity contribution in [1.29, 1.82) is 0 Å². The molecule has 0 N–H and O–H groups in total. The lowest BCUT2D eigenvalue weighted by Gasteiger charge is -2.30. The number of carbonyl (C=O) groups excluding carboxylic acids is 4. The summed E-state index contributed by atoms with van der Waals surface area (Å²) in [4.78, 5) is 51.8. The van der Waals surface area contributed by atoms with Gasteiger partial charge in [0, 0.05) is 19.6 Å². The molecule has 2 aliphatic rings. The first-order valence-electron chi connectivity index (χ1n) is 8.98. The number of esters is 1. The van der Waals surface area contributed by atoms with Gasteiger partial charge in [0.2, 0.25) is 0 Å². The first kappa shape index (κ1) is 18.8. The summed E-state index contributed by atoms with van der Waals surface area (Å²) < 4.78 is 5.12. The van der Waals surface area contributed by atoms with Gasteiger partial charge in [-0.15, -0.1) is 6.58 Å². The fraction of sp³-hybridized carbons (Fsp3) is 0.400. The SMILES string of the molecule is C=CCN1C(=O)c2ccc(C(=O)OCC(=O)N3CCCC(C)C3)cc2C1=O. The van der Waals surface area contributed by atoms with Crippen LogP contribution in [0.3, 0.4) is 0 Å². The number of ether oxygens (including phenoxy) is 1. The lowest BCUT2D eigenvalue weighted by atomic mass is 10.0. The summed E-state index contributed by atoms with van der Waals surface area (Å²) in [6, 6.07) is 4.20. The molecule has 1 unspecified atom stereocenters. The number of imide groups is 1. The molecule has 1 saturated heterocycles. The molecular weight excluding hydrogens is 348 g/mol. The highest BCUT2D eigenvalue weighted by Crippen LogP contribution is 2.24. The van der Waals surface area contributed by atoms with Crippen molar-refractivity contribution in [3.63, 3.8) is 0 Å². The Labute approximate surface area is 157 Å². The van der Waals surface area contributed by atoms with Crippen LogP contribution in [-0.2, 0) is 9.53 Å². The smallest absolute Gasteiger partial charge is 0.338 e. The van der Waals surface area contributed by atoms with Gasteiger partial charge in [0.15, 0.2) is 6.61 Å². The highest BCUT2D eigenvalue weighted by Gasteiger charge is 2.35. The molecular formula is C20H22N2O5. The number of hydrogen-bond donors (Lipinski definition) is 0. The summed E-state index contributed by atoms with van der Waals surface area (Å²) in [6.45, 7) is 6.74. The van der Waals surface area contributed by atoms with E-state index in [1.807, 2.05) is 0 Å². The fourth-order valence-corrected chi connectivity index (χ4v) is 3.43. The van der Waals surface area contributed by atoms with Crippen LogP contribution in [0.5, 0.6) is 0 Å². The van der Waals surface area contributed by atoms with Gasteiger partial charge < -0.3 is 9.64 Å². The van der Waals surface area contributed by atoms with Crippen molar-refractivity contribution in [2.75, 3.05) is 26.2 Å². The van der Waals surface area contributed by atoms with Crippen LogP contribution >= 0.6 is 0 Å². The van der Waals surface area contributed by atoms with E-state index in [1.165, 1.54) is 24.3 Å². The zero-order valence-corrected chi connectivity index (χ0v) is 15.3. The van der Waals surface area contributed by atoms with E-state index in [-0.39, 0.29) is 35.7 Å². The van der Waals surface area contributed by atoms with Crippen molar-refractivity contribution >= 4 is 23.7 Å². The van der Waals surface area contributed by atoms with Crippen LogP contribution in [0.2, 0.25) is 0 Å². The zero-order chi connectivity index (χ0) is 19.6. The van der Waals surface area contributed by atoms with Gasteiger partial charge in [-0.25, -0.2) is 4.79 Å². The standard InChI is InChI=1S/C20H22N2O5/c1-3-8-22-18(24)15-7-6-14(10-16(15)19(22)25)20(26)27-12-17(23)21-9-4-5-13(2)11-21/h3,6-7,10,13H,1,4-5,8-9,11-12H2,2H3. The summed E-state index contributed by atoms with van der Waals surface area (Å²) in [6.07, 6.45) is 3.50. The quantitative estimate of drug-likeness (QED) is 0.449. The average molecular weight is 370 g/mol. The molecule has 0 aliphatic carbocycles. The Balaban J connectivity index is 1.65. The number of nitrogens with zero attached hydrogens (tertiary/aromatic N) is 2. The molecule has 0 saturated carbocycles. The predicted molar refractivity (Wildman–Crippen MR) is 97.3 cm³/mol. The van der Waals surface area contributed by atoms with Crippen LogP contribution in [-0.4, -0.2) is 59.7 Å². The molecule has 3 rings (SSSR count). The van der Waals surface area contributed by atoms with Gasteiger partial charge in [-0.2, -0.15) is 0 Å². The van der Waals surface area contributed by atoms with E-state index in [1.54, 1.807) is 4.90 Å². The van der Waals surface area contributed by atoms with Crippen LogP contribution in [0, 0.1) is 5.92 Å². The van der Waals surface area contributed by atoms with Gasteiger partial charge in [-0.05, 0) is 37.0 Å². The Morgan fingerprint density at radius 2 is 2.00 bits per heavy atom. The normalized spacial score (nSPS) is 19.1. The Bertz CT molecular complexity index is 817. The minimum Gasteiger partial charge on any atom is -0.452 e. The van der Waals surface area contributed by atoms with Crippen molar-refractivity contribution in [2.24, 2.45) is 5.92 Å². The summed E-state index contributed by atoms with van der Waals surface area (Å²) in [5.74, 6) is -1.36. The molecule has 27 heavy (non-hydrogen) atoms. The van der Waals surface area contributed by atoms with E-state index in [0.717, 1.165) is 17.7 Å². The number of amides is 3. The van der Waals surface area contributed by atoms with Gasteiger partial charge in [0.1, 0.15) is 0 Å².